The minimum Gasteiger partial charge on any atom is -0.493 e. The summed E-state index contributed by atoms with van der Waals surface area (Å²) in [4.78, 5) is 26.9. The van der Waals surface area contributed by atoms with Crippen LogP contribution in [0.3, 0.4) is 0 Å². The average molecular weight is 468 g/mol. The fourth-order valence-corrected chi connectivity index (χ4v) is 4.64. The van der Waals surface area contributed by atoms with Crippen molar-refractivity contribution in [2.24, 2.45) is 0 Å². The Hall–Kier alpha value is -4.03. The lowest BCUT2D eigenvalue weighted by Crippen LogP contribution is -2.27. The van der Waals surface area contributed by atoms with Crippen molar-refractivity contribution in [1.29, 1.82) is 0 Å². The highest BCUT2D eigenvalue weighted by molar-refractivity contribution is 8.19. The Morgan fingerprint density at radius 3 is 2.38 bits per heavy atom. The van der Waals surface area contributed by atoms with Gasteiger partial charge in [-0.15, -0.1) is 0 Å². The number of thioether (sulfide) groups is 1. The Balaban J connectivity index is 1.34. The molecule has 2 amide bonds. The van der Waals surface area contributed by atoms with E-state index >= 15 is 0 Å². The summed E-state index contributed by atoms with van der Waals surface area (Å²) in [6.07, 6.45) is 1.70. The molecule has 5 rings (SSSR count). The molecule has 1 saturated heterocycles. The monoisotopic (exact) mass is 467 g/mol. The molecule has 1 heterocycles. The van der Waals surface area contributed by atoms with E-state index in [1.54, 1.807) is 43.5 Å². The van der Waals surface area contributed by atoms with E-state index in [4.69, 9.17) is 9.47 Å². The number of carbonyl (C=O) groups is 2. The van der Waals surface area contributed by atoms with Gasteiger partial charge in [0.2, 0.25) is 0 Å². The third kappa shape index (κ3) is 4.40. The number of hydrogen-bond acceptors (Lipinski definition) is 5. The van der Waals surface area contributed by atoms with Gasteiger partial charge in [-0.2, -0.15) is 0 Å². The second kappa shape index (κ2) is 9.45. The summed E-state index contributed by atoms with van der Waals surface area (Å²) in [5, 5.41) is 2.03. The Morgan fingerprint density at radius 1 is 0.824 bits per heavy atom. The van der Waals surface area contributed by atoms with Gasteiger partial charge in [-0.1, -0.05) is 60.7 Å². The Bertz CT molecular complexity index is 1410. The van der Waals surface area contributed by atoms with Gasteiger partial charge in [0.05, 0.1) is 17.7 Å². The quantitative estimate of drug-likeness (QED) is 0.297. The number of hydrogen-bond donors (Lipinski definition) is 0. The van der Waals surface area contributed by atoms with Crippen LogP contribution in [0.4, 0.5) is 10.5 Å². The van der Waals surface area contributed by atoms with Crippen LogP contribution >= 0.6 is 11.8 Å². The van der Waals surface area contributed by atoms with Gasteiger partial charge in [0.15, 0.2) is 11.5 Å². The lowest BCUT2D eigenvalue weighted by atomic mass is 10.1. The van der Waals surface area contributed by atoms with Crippen molar-refractivity contribution in [2.45, 2.75) is 6.61 Å². The molecule has 0 N–H and O–H groups in total. The summed E-state index contributed by atoms with van der Waals surface area (Å²) in [5.41, 5.74) is 2.36. The normalized spacial score (nSPS) is 14.7. The maximum atomic E-state index is 12.9. The molecule has 0 aromatic heterocycles. The first-order chi connectivity index (χ1) is 16.6. The number of rotatable bonds is 6. The van der Waals surface area contributed by atoms with Crippen LogP contribution in [-0.4, -0.2) is 18.3 Å². The fourth-order valence-electron chi connectivity index (χ4n) is 3.80. The van der Waals surface area contributed by atoms with Crippen LogP contribution in [0, 0.1) is 0 Å². The molecule has 4 aromatic rings. The van der Waals surface area contributed by atoms with Crippen LogP contribution in [-0.2, 0) is 11.4 Å². The van der Waals surface area contributed by atoms with Crippen LogP contribution in [0.15, 0.2) is 95.9 Å². The molecule has 0 unspecified atom stereocenters. The molecular formula is C28H21NO4S. The number of methoxy groups -OCH3 is 1. The molecule has 34 heavy (non-hydrogen) atoms. The summed E-state index contributed by atoms with van der Waals surface area (Å²) < 4.78 is 11.5. The van der Waals surface area contributed by atoms with Crippen molar-refractivity contribution < 1.29 is 19.1 Å². The SMILES string of the molecule is COc1cc(/C=C2\SC(=O)N(c3ccccc3)C2=O)ccc1OCc1ccc2ccccc2c1. The third-order valence-corrected chi connectivity index (χ3v) is 6.37. The van der Waals surface area contributed by atoms with E-state index < -0.39 is 0 Å². The number of fused-ring (bicyclic) bond motifs is 1. The van der Waals surface area contributed by atoms with Crippen LogP contribution in [0.1, 0.15) is 11.1 Å². The molecule has 0 bridgehead atoms. The highest BCUT2D eigenvalue weighted by atomic mass is 32.2. The number of imide groups is 1. The standard InChI is InChI=1S/C28H21NO4S/c1-32-25-16-19(17-26-27(30)29(28(31)34-26)23-9-3-2-4-10-23)12-14-24(25)33-18-20-11-13-21-7-5-6-8-22(21)15-20/h2-17H,18H2,1H3/b26-17-. The lowest BCUT2D eigenvalue weighted by molar-refractivity contribution is -0.113. The Morgan fingerprint density at radius 2 is 1.59 bits per heavy atom. The van der Waals surface area contributed by atoms with E-state index in [1.807, 2.05) is 36.4 Å². The molecule has 1 aliphatic rings. The summed E-state index contributed by atoms with van der Waals surface area (Å²) in [7, 11) is 1.57. The number of nitrogens with zero attached hydrogens (tertiary/aromatic N) is 1. The second-order valence-electron chi connectivity index (χ2n) is 7.73. The molecule has 0 aliphatic carbocycles. The molecule has 0 atom stereocenters. The van der Waals surface area contributed by atoms with Crippen LogP contribution in [0.5, 0.6) is 11.5 Å². The van der Waals surface area contributed by atoms with Crippen molar-refractivity contribution in [3.63, 3.8) is 0 Å². The summed E-state index contributed by atoms with van der Waals surface area (Å²) in [6.45, 7) is 0.399. The number of carbonyl (C=O) groups excluding carboxylic acids is 2. The molecular weight excluding hydrogens is 446 g/mol. The average Bonchev–Trinajstić information content (AvgIpc) is 3.15. The second-order valence-corrected chi connectivity index (χ2v) is 8.73. The first kappa shape index (κ1) is 21.8. The van der Waals surface area contributed by atoms with Crippen molar-refractivity contribution >= 4 is 45.4 Å². The van der Waals surface area contributed by atoms with E-state index in [2.05, 4.69) is 24.3 Å². The summed E-state index contributed by atoms with van der Waals surface area (Å²) >= 11 is 0.924. The number of benzene rings is 4. The maximum absolute atomic E-state index is 12.9. The molecule has 0 spiro atoms. The van der Waals surface area contributed by atoms with Gasteiger partial charge in [-0.25, -0.2) is 4.90 Å². The molecule has 1 fully saturated rings. The highest BCUT2D eigenvalue weighted by Gasteiger charge is 2.36. The summed E-state index contributed by atoms with van der Waals surface area (Å²) in [5.74, 6) is 0.818. The lowest BCUT2D eigenvalue weighted by Gasteiger charge is -2.12. The number of amides is 2. The van der Waals surface area contributed by atoms with E-state index in [0.717, 1.165) is 28.3 Å². The Kier molecular flexibility index (Phi) is 6.06. The van der Waals surface area contributed by atoms with Gasteiger partial charge in [-0.05, 0) is 70.1 Å². The van der Waals surface area contributed by atoms with Crippen LogP contribution < -0.4 is 14.4 Å². The topological polar surface area (TPSA) is 55.8 Å². The predicted octanol–water partition coefficient (Wildman–Crippen LogP) is 6.67. The zero-order valence-electron chi connectivity index (χ0n) is 18.4. The van der Waals surface area contributed by atoms with Gasteiger partial charge in [0, 0.05) is 0 Å². The molecule has 0 radical (unpaired) electrons. The molecule has 4 aromatic carbocycles. The van der Waals surface area contributed by atoms with Gasteiger partial charge in [0.25, 0.3) is 11.1 Å². The Labute approximate surface area is 201 Å². The van der Waals surface area contributed by atoms with Gasteiger partial charge in [-0.3, -0.25) is 9.59 Å². The van der Waals surface area contributed by atoms with Gasteiger partial charge < -0.3 is 9.47 Å². The van der Waals surface area contributed by atoms with Crippen molar-refractivity contribution in [3.8, 4) is 11.5 Å². The fraction of sp³-hybridized carbons (Fsp3) is 0.0714. The van der Waals surface area contributed by atoms with Crippen LogP contribution in [0.2, 0.25) is 0 Å². The highest BCUT2D eigenvalue weighted by Crippen LogP contribution is 2.37. The van der Waals surface area contributed by atoms with Gasteiger partial charge >= 0.3 is 0 Å². The predicted molar refractivity (Wildman–Crippen MR) is 136 cm³/mol. The van der Waals surface area contributed by atoms with Crippen molar-refractivity contribution in [1.82, 2.24) is 0 Å². The molecule has 168 valence electrons. The van der Waals surface area contributed by atoms with Gasteiger partial charge in [0.1, 0.15) is 6.61 Å². The number of para-hydroxylation sites is 1. The van der Waals surface area contributed by atoms with E-state index in [0.29, 0.717) is 28.7 Å². The zero-order chi connectivity index (χ0) is 23.5. The molecule has 0 saturated carbocycles. The maximum Gasteiger partial charge on any atom is 0.298 e. The summed E-state index contributed by atoms with van der Waals surface area (Å²) in [6, 6.07) is 28.8. The first-order valence-corrected chi connectivity index (χ1v) is 11.6. The molecule has 6 heteroatoms. The smallest absolute Gasteiger partial charge is 0.298 e. The van der Waals surface area contributed by atoms with E-state index in [1.165, 1.54) is 10.3 Å². The van der Waals surface area contributed by atoms with Crippen LogP contribution in [0.25, 0.3) is 16.8 Å². The van der Waals surface area contributed by atoms with Crippen molar-refractivity contribution in [3.05, 3.63) is 107 Å². The van der Waals surface area contributed by atoms with E-state index in [-0.39, 0.29) is 11.1 Å². The number of anilines is 1. The van der Waals surface area contributed by atoms with E-state index in [9.17, 15) is 9.59 Å². The first-order valence-electron chi connectivity index (χ1n) is 10.7. The molecule has 1 aliphatic heterocycles. The largest absolute Gasteiger partial charge is 0.493 e. The zero-order valence-corrected chi connectivity index (χ0v) is 19.2. The number of ether oxygens (including phenoxy) is 2. The van der Waals surface area contributed by atoms with Crippen molar-refractivity contribution in [2.75, 3.05) is 12.0 Å². The minimum atomic E-state index is -0.336. The molecule has 5 nitrogen and oxygen atoms in total. The third-order valence-electron chi connectivity index (χ3n) is 5.50. The minimum absolute atomic E-state index is 0.315.